The number of pyridine rings is 1. The Bertz CT molecular complexity index is 534. The maximum Gasteiger partial charge on any atom is 0.417 e. The van der Waals surface area contributed by atoms with E-state index < -0.39 is 23.1 Å². The fourth-order valence-corrected chi connectivity index (χ4v) is 2.01. The molecule has 0 saturated carbocycles. The lowest BCUT2D eigenvalue weighted by Crippen LogP contribution is -2.13. The average molecular weight is 257 g/mol. The van der Waals surface area contributed by atoms with Gasteiger partial charge in [0, 0.05) is 23.3 Å². The van der Waals surface area contributed by atoms with Gasteiger partial charge in [0.15, 0.2) is 5.78 Å². The lowest BCUT2D eigenvalue weighted by atomic mass is 10.0. The predicted molar refractivity (Wildman–Crippen MR) is 57.0 cm³/mol. The van der Waals surface area contributed by atoms with E-state index in [4.69, 9.17) is 0 Å². The molecule has 2 aromatic heterocycles. The summed E-state index contributed by atoms with van der Waals surface area (Å²) >= 11 is 1.25. The number of carbonyl (C=O) groups is 1. The van der Waals surface area contributed by atoms with Gasteiger partial charge in [0.1, 0.15) is 0 Å². The number of carbonyl (C=O) groups excluding carboxylic acids is 1. The molecule has 0 unspecified atom stereocenters. The van der Waals surface area contributed by atoms with Gasteiger partial charge >= 0.3 is 6.18 Å². The molecule has 2 rings (SSSR count). The summed E-state index contributed by atoms with van der Waals surface area (Å²) in [6.45, 7) is 0. The van der Waals surface area contributed by atoms with Crippen molar-refractivity contribution in [3.63, 3.8) is 0 Å². The molecule has 0 aliphatic heterocycles. The SMILES string of the molecule is O=C(c1ccsc1)c1cnccc1C(F)(F)F. The van der Waals surface area contributed by atoms with E-state index in [0.29, 0.717) is 0 Å². The van der Waals surface area contributed by atoms with Gasteiger partial charge in [0.25, 0.3) is 0 Å². The monoisotopic (exact) mass is 257 g/mol. The summed E-state index contributed by atoms with van der Waals surface area (Å²) in [5.41, 5.74) is -1.13. The van der Waals surface area contributed by atoms with Crippen LogP contribution in [0.1, 0.15) is 21.5 Å². The highest BCUT2D eigenvalue weighted by molar-refractivity contribution is 7.08. The van der Waals surface area contributed by atoms with E-state index >= 15 is 0 Å². The molecule has 0 fully saturated rings. The van der Waals surface area contributed by atoms with Crippen molar-refractivity contribution in [3.8, 4) is 0 Å². The van der Waals surface area contributed by atoms with Crippen LogP contribution in [-0.4, -0.2) is 10.8 Å². The van der Waals surface area contributed by atoms with Crippen molar-refractivity contribution in [3.05, 3.63) is 52.0 Å². The van der Waals surface area contributed by atoms with Crippen LogP contribution in [0.5, 0.6) is 0 Å². The maximum atomic E-state index is 12.7. The Labute approximate surface area is 98.7 Å². The van der Waals surface area contributed by atoms with Crippen molar-refractivity contribution in [1.82, 2.24) is 4.98 Å². The molecular formula is C11H6F3NOS. The molecule has 0 aromatic carbocycles. The van der Waals surface area contributed by atoms with Crippen LogP contribution in [0.25, 0.3) is 0 Å². The highest BCUT2D eigenvalue weighted by atomic mass is 32.1. The molecule has 0 radical (unpaired) electrons. The fraction of sp³-hybridized carbons (Fsp3) is 0.0909. The third-order valence-corrected chi connectivity index (χ3v) is 2.84. The van der Waals surface area contributed by atoms with Crippen molar-refractivity contribution in [1.29, 1.82) is 0 Å². The molecule has 6 heteroatoms. The van der Waals surface area contributed by atoms with Crippen LogP contribution in [0.15, 0.2) is 35.3 Å². The molecule has 0 aliphatic rings. The van der Waals surface area contributed by atoms with Crippen molar-refractivity contribution in [2.45, 2.75) is 6.18 Å². The molecule has 0 bridgehead atoms. The Morgan fingerprint density at radius 1 is 1.29 bits per heavy atom. The van der Waals surface area contributed by atoms with Gasteiger partial charge in [-0.05, 0) is 17.5 Å². The number of ketones is 1. The Morgan fingerprint density at radius 3 is 2.65 bits per heavy atom. The first-order chi connectivity index (χ1) is 8.00. The smallest absolute Gasteiger partial charge is 0.289 e. The number of hydrogen-bond donors (Lipinski definition) is 0. The van der Waals surface area contributed by atoms with E-state index in [2.05, 4.69) is 4.98 Å². The number of hydrogen-bond acceptors (Lipinski definition) is 3. The summed E-state index contributed by atoms with van der Waals surface area (Å²) in [7, 11) is 0. The summed E-state index contributed by atoms with van der Waals surface area (Å²) in [5, 5.41) is 3.15. The molecule has 0 atom stereocenters. The van der Waals surface area contributed by atoms with Gasteiger partial charge in [-0.2, -0.15) is 24.5 Å². The number of alkyl halides is 3. The van der Waals surface area contributed by atoms with Crippen LogP contribution < -0.4 is 0 Å². The highest BCUT2D eigenvalue weighted by Crippen LogP contribution is 2.32. The van der Waals surface area contributed by atoms with Crippen LogP contribution in [-0.2, 0) is 6.18 Å². The lowest BCUT2D eigenvalue weighted by Gasteiger charge is -2.10. The average Bonchev–Trinajstić information content (AvgIpc) is 2.80. The molecule has 2 aromatic rings. The molecule has 2 nitrogen and oxygen atoms in total. The van der Waals surface area contributed by atoms with Gasteiger partial charge in [-0.3, -0.25) is 9.78 Å². The fourth-order valence-electron chi connectivity index (χ4n) is 1.37. The summed E-state index contributed by atoms with van der Waals surface area (Å²) in [6, 6.07) is 2.29. The van der Waals surface area contributed by atoms with Crippen LogP contribution in [0, 0.1) is 0 Å². The first kappa shape index (κ1) is 11.8. The summed E-state index contributed by atoms with van der Waals surface area (Å²) in [4.78, 5) is 15.4. The molecule has 0 spiro atoms. The zero-order chi connectivity index (χ0) is 12.5. The molecule has 2 heterocycles. The van der Waals surface area contributed by atoms with Gasteiger partial charge in [-0.15, -0.1) is 0 Å². The Balaban J connectivity index is 2.50. The van der Waals surface area contributed by atoms with E-state index in [-0.39, 0.29) is 5.56 Å². The number of halogens is 3. The zero-order valence-corrected chi connectivity index (χ0v) is 9.18. The Morgan fingerprint density at radius 2 is 2.06 bits per heavy atom. The minimum absolute atomic E-state index is 0.244. The zero-order valence-electron chi connectivity index (χ0n) is 8.36. The molecule has 0 aliphatic carbocycles. The minimum atomic E-state index is -4.55. The molecular weight excluding hydrogens is 251 g/mol. The molecule has 0 amide bonds. The van der Waals surface area contributed by atoms with Gasteiger partial charge in [-0.1, -0.05) is 0 Å². The topological polar surface area (TPSA) is 30.0 Å². The van der Waals surface area contributed by atoms with E-state index in [1.165, 1.54) is 22.8 Å². The highest BCUT2D eigenvalue weighted by Gasteiger charge is 2.35. The van der Waals surface area contributed by atoms with Crippen molar-refractivity contribution in [2.24, 2.45) is 0 Å². The third kappa shape index (κ3) is 2.36. The first-order valence-corrected chi connectivity index (χ1v) is 5.52. The summed E-state index contributed by atoms with van der Waals surface area (Å²) in [6.07, 6.45) is -2.58. The van der Waals surface area contributed by atoms with Crippen molar-refractivity contribution >= 4 is 17.1 Å². The second-order valence-electron chi connectivity index (χ2n) is 3.26. The number of rotatable bonds is 2. The number of aromatic nitrogens is 1. The molecule has 0 saturated heterocycles. The largest absolute Gasteiger partial charge is 0.417 e. The Kier molecular flexibility index (Phi) is 2.97. The third-order valence-electron chi connectivity index (χ3n) is 2.15. The van der Waals surface area contributed by atoms with E-state index in [0.717, 1.165) is 18.5 Å². The quantitative estimate of drug-likeness (QED) is 0.772. The molecule has 0 N–H and O–H groups in total. The molecule has 88 valence electrons. The molecule has 17 heavy (non-hydrogen) atoms. The standard InChI is InChI=1S/C11H6F3NOS/c12-11(13,14)9-1-3-15-5-8(9)10(16)7-2-4-17-6-7/h1-6H. The lowest BCUT2D eigenvalue weighted by molar-refractivity contribution is -0.137. The normalized spacial score (nSPS) is 11.5. The van der Waals surface area contributed by atoms with Crippen molar-refractivity contribution < 1.29 is 18.0 Å². The van der Waals surface area contributed by atoms with E-state index in [1.807, 2.05) is 0 Å². The summed E-state index contributed by atoms with van der Waals surface area (Å²) in [5.74, 6) is -0.660. The number of nitrogens with zero attached hydrogens (tertiary/aromatic N) is 1. The van der Waals surface area contributed by atoms with E-state index in [1.54, 1.807) is 5.38 Å². The summed E-state index contributed by atoms with van der Waals surface area (Å²) < 4.78 is 38.0. The predicted octanol–water partition coefficient (Wildman–Crippen LogP) is 3.39. The second-order valence-corrected chi connectivity index (χ2v) is 4.04. The number of thiophene rings is 1. The maximum absolute atomic E-state index is 12.7. The van der Waals surface area contributed by atoms with Gasteiger partial charge in [-0.25, -0.2) is 0 Å². The minimum Gasteiger partial charge on any atom is -0.289 e. The van der Waals surface area contributed by atoms with Gasteiger partial charge in [0.05, 0.1) is 11.1 Å². The van der Waals surface area contributed by atoms with Gasteiger partial charge in [0.2, 0.25) is 0 Å². The first-order valence-electron chi connectivity index (χ1n) is 4.58. The van der Waals surface area contributed by atoms with Gasteiger partial charge < -0.3 is 0 Å². The van der Waals surface area contributed by atoms with E-state index in [9.17, 15) is 18.0 Å². The second kappa shape index (κ2) is 4.29. The van der Waals surface area contributed by atoms with Crippen LogP contribution in [0.2, 0.25) is 0 Å². The van der Waals surface area contributed by atoms with Crippen molar-refractivity contribution in [2.75, 3.05) is 0 Å². The van der Waals surface area contributed by atoms with Crippen LogP contribution >= 0.6 is 11.3 Å². The Hall–Kier alpha value is -1.69. The van der Waals surface area contributed by atoms with Crippen LogP contribution in [0.3, 0.4) is 0 Å². The van der Waals surface area contributed by atoms with Crippen LogP contribution in [0.4, 0.5) is 13.2 Å².